The van der Waals surface area contributed by atoms with Crippen LogP contribution in [0.1, 0.15) is 45.6 Å². The second-order valence-electron chi connectivity index (χ2n) is 5.65. The standard InChI is InChI=1S/C17H24BrNO2/c1-4-20-16-11-14(12-18)7-8-15(16)21-10-6-5-9-17(2,3)13-19/h7-8,11H,4-6,9-10,12H2,1-3H3. The lowest BCUT2D eigenvalue weighted by Gasteiger charge is -2.15. The first-order chi connectivity index (χ1) is 10.0. The Morgan fingerprint density at radius 1 is 1.19 bits per heavy atom. The van der Waals surface area contributed by atoms with Crippen LogP contribution < -0.4 is 9.47 Å². The summed E-state index contributed by atoms with van der Waals surface area (Å²) in [6.45, 7) is 7.18. The zero-order valence-corrected chi connectivity index (χ0v) is 14.7. The molecule has 0 aliphatic rings. The molecule has 3 nitrogen and oxygen atoms in total. The van der Waals surface area contributed by atoms with Crippen LogP contribution in [0, 0.1) is 16.7 Å². The summed E-state index contributed by atoms with van der Waals surface area (Å²) >= 11 is 3.44. The molecule has 4 heteroatoms. The molecule has 0 radical (unpaired) electrons. The van der Waals surface area contributed by atoms with Crippen LogP contribution >= 0.6 is 15.9 Å². The quantitative estimate of drug-likeness (QED) is 0.459. The van der Waals surface area contributed by atoms with Crippen molar-refractivity contribution < 1.29 is 9.47 Å². The molecule has 0 bridgehead atoms. The summed E-state index contributed by atoms with van der Waals surface area (Å²) in [4.78, 5) is 0. The Morgan fingerprint density at radius 3 is 2.57 bits per heavy atom. The van der Waals surface area contributed by atoms with Crippen LogP contribution in [0.25, 0.3) is 0 Å². The van der Waals surface area contributed by atoms with Crippen molar-refractivity contribution >= 4 is 15.9 Å². The van der Waals surface area contributed by atoms with Gasteiger partial charge < -0.3 is 9.47 Å². The van der Waals surface area contributed by atoms with Crippen molar-refractivity contribution in [3.05, 3.63) is 23.8 Å². The molecule has 0 heterocycles. The minimum atomic E-state index is -0.242. The van der Waals surface area contributed by atoms with Crippen molar-refractivity contribution in [3.63, 3.8) is 0 Å². The molecule has 0 N–H and O–H groups in total. The Morgan fingerprint density at radius 2 is 1.95 bits per heavy atom. The van der Waals surface area contributed by atoms with E-state index in [1.807, 2.05) is 39.0 Å². The summed E-state index contributed by atoms with van der Waals surface area (Å²) in [5.41, 5.74) is 0.926. The van der Waals surface area contributed by atoms with Crippen LogP contribution in [-0.4, -0.2) is 13.2 Å². The van der Waals surface area contributed by atoms with Crippen molar-refractivity contribution in [3.8, 4) is 17.6 Å². The highest BCUT2D eigenvalue weighted by atomic mass is 79.9. The van der Waals surface area contributed by atoms with E-state index in [4.69, 9.17) is 14.7 Å². The number of ether oxygens (including phenoxy) is 2. The van der Waals surface area contributed by atoms with Crippen molar-refractivity contribution in [1.29, 1.82) is 5.26 Å². The predicted octanol–water partition coefficient (Wildman–Crippen LogP) is 5.08. The Kier molecular flexibility index (Phi) is 7.60. The van der Waals surface area contributed by atoms with E-state index < -0.39 is 0 Å². The number of alkyl halides is 1. The van der Waals surface area contributed by atoms with Crippen LogP contribution in [0.5, 0.6) is 11.5 Å². The lowest BCUT2D eigenvalue weighted by molar-refractivity contribution is 0.266. The summed E-state index contributed by atoms with van der Waals surface area (Å²) in [5, 5.41) is 9.77. The molecule has 116 valence electrons. The second-order valence-corrected chi connectivity index (χ2v) is 6.21. The zero-order chi connectivity index (χ0) is 15.7. The summed E-state index contributed by atoms with van der Waals surface area (Å²) in [6.07, 6.45) is 2.83. The van der Waals surface area contributed by atoms with E-state index in [2.05, 4.69) is 22.0 Å². The van der Waals surface area contributed by atoms with Crippen LogP contribution in [-0.2, 0) is 5.33 Å². The number of rotatable bonds is 9. The minimum Gasteiger partial charge on any atom is -0.490 e. The first-order valence-electron chi connectivity index (χ1n) is 7.38. The zero-order valence-electron chi connectivity index (χ0n) is 13.1. The van der Waals surface area contributed by atoms with E-state index in [1.54, 1.807) is 0 Å². The van der Waals surface area contributed by atoms with Gasteiger partial charge in [0.25, 0.3) is 0 Å². The molecule has 0 aliphatic carbocycles. The number of hydrogen-bond donors (Lipinski definition) is 0. The van der Waals surface area contributed by atoms with Gasteiger partial charge in [0.2, 0.25) is 0 Å². The van der Waals surface area contributed by atoms with Gasteiger partial charge >= 0.3 is 0 Å². The van der Waals surface area contributed by atoms with Crippen LogP contribution in [0.2, 0.25) is 0 Å². The van der Waals surface area contributed by atoms with Gasteiger partial charge in [-0.15, -0.1) is 0 Å². The molecular weight excluding hydrogens is 330 g/mol. The molecule has 0 amide bonds. The summed E-state index contributed by atoms with van der Waals surface area (Å²) < 4.78 is 11.4. The maximum absolute atomic E-state index is 8.97. The average Bonchev–Trinajstić information content (AvgIpc) is 2.48. The molecule has 1 aromatic rings. The van der Waals surface area contributed by atoms with Crippen molar-refractivity contribution in [2.45, 2.75) is 45.4 Å². The van der Waals surface area contributed by atoms with Gasteiger partial charge in [-0.3, -0.25) is 0 Å². The monoisotopic (exact) mass is 353 g/mol. The van der Waals surface area contributed by atoms with Gasteiger partial charge in [0, 0.05) is 5.33 Å². The fourth-order valence-electron chi connectivity index (χ4n) is 1.93. The lowest BCUT2D eigenvalue weighted by Crippen LogP contribution is -2.08. The van der Waals surface area contributed by atoms with Crippen molar-refractivity contribution in [2.75, 3.05) is 13.2 Å². The molecule has 1 rings (SSSR count). The molecule has 0 atom stereocenters. The van der Waals surface area contributed by atoms with Crippen molar-refractivity contribution in [2.24, 2.45) is 5.41 Å². The largest absolute Gasteiger partial charge is 0.490 e. The predicted molar refractivity (Wildman–Crippen MR) is 89.0 cm³/mol. The molecule has 0 fully saturated rings. The van der Waals surface area contributed by atoms with Crippen LogP contribution in [0.15, 0.2) is 18.2 Å². The first kappa shape index (κ1) is 17.8. The molecular formula is C17H24BrNO2. The highest BCUT2D eigenvalue weighted by molar-refractivity contribution is 9.08. The van der Waals surface area contributed by atoms with E-state index >= 15 is 0 Å². The van der Waals surface area contributed by atoms with Gasteiger partial charge in [-0.1, -0.05) is 22.0 Å². The van der Waals surface area contributed by atoms with Crippen LogP contribution in [0.4, 0.5) is 0 Å². The molecule has 0 unspecified atom stereocenters. The van der Waals surface area contributed by atoms with Gasteiger partial charge in [0.15, 0.2) is 11.5 Å². The molecule has 0 saturated heterocycles. The summed E-state index contributed by atoms with van der Waals surface area (Å²) in [7, 11) is 0. The van der Waals surface area contributed by atoms with Crippen molar-refractivity contribution in [1.82, 2.24) is 0 Å². The fraction of sp³-hybridized carbons (Fsp3) is 0.588. The van der Waals surface area contributed by atoms with Gasteiger partial charge in [-0.2, -0.15) is 5.26 Å². The first-order valence-corrected chi connectivity index (χ1v) is 8.50. The number of unbranched alkanes of at least 4 members (excludes halogenated alkanes) is 1. The summed E-state index contributed by atoms with van der Waals surface area (Å²) in [5.74, 6) is 1.59. The highest BCUT2D eigenvalue weighted by Gasteiger charge is 2.15. The third kappa shape index (κ3) is 6.39. The SMILES string of the molecule is CCOc1cc(CBr)ccc1OCCCCC(C)(C)C#N. The number of benzene rings is 1. The number of nitriles is 1. The smallest absolute Gasteiger partial charge is 0.161 e. The second kappa shape index (κ2) is 8.94. The Labute approximate surface area is 136 Å². The number of hydrogen-bond acceptors (Lipinski definition) is 3. The minimum absolute atomic E-state index is 0.242. The molecule has 0 spiro atoms. The number of halogens is 1. The average molecular weight is 354 g/mol. The van der Waals surface area contributed by atoms with Gasteiger partial charge in [-0.05, 0) is 57.7 Å². The number of nitrogens with zero attached hydrogens (tertiary/aromatic N) is 1. The van der Waals surface area contributed by atoms with Crippen LogP contribution in [0.3, 0.4) is 0 Å². The topological polar surface area (TPSA) is 42.2 Å². The highest BCUT2D eigenvalue weighted by Crippen LogP contribution is 2.29. The van der Waals surface area contributed by atoms with Gasteiger partial charge in [-0.25, -0.2) is 0 Å². The maximum Gasteiger partial charge on any atom is 0.161 e. The molecule has 0 aliphatic heterocycles. The van der Waals surface area contributed by atoms with E-state index in [9.17, 15) is 0 Å². The van der Waals surface area contributed by atoms with Gasteiger partial charge in [0.05, 0.1) is 24.7 Å². The van der Waals surface area contributed by atoms with E-state index in [0.717, 1.165) is 36.1 Å². The molecule has 0 saturated carbocycles. The molecule has 1 aromatic carbocycles. The summed E-state index contributed by atoms with van der Waals surface area (Å²) in [6, 6.07) is 8.32. The van der Waals surface area contributed by atoms with E-state index in [1.165, 1.54) is 5.56 Å². The molecule has 21 heavy (non-hydrogen) atoms. The fourth-order valence-corrected chi connectivity index (χ4v) is 2.28. The van der Waals surface area contributed by atoms with E-state index in [0.29, 0.717) is 13.2 Å². The Hall–Kier alpha value is -1.21. The Balaban J connectivity index is 2.46. The van der Waals surface area contributed by atoms with E-state index in [-0.39, 0.29) is 5.41 Å². The Bertz CT molecular complexity index is 480. The maximum atomic E-state index is 8.97. The van der Waals surface area contributed by atoms with Gasteiger partial charge in [0.1, 0.15) is 0 Å². The third-order valence-electron chi connectivity index (χ3n) is 3.22. The third-order valence-corrected chi connectivity index (χ3v) is 3.87. The lowest BCUT2D eigenvalue weighted by atomic mass is 9.89. The molecule has 0 aromatic heterocycles. The normalized spacial score (nSPS) is 11.0.